The first-order valence-corrected chi connectivity index (χ1v) is 8.13. The van der Waals surface area contributed by atoms with E-state index in [0.29, 0.717) is 18.3 Å². The summed E-state index contributed by atoms with van der Waals surface area (Å²) in [6, 6.07) is 18.1. The minimum Gasteiger partial charge on any atom is -0.493 e. The first-order chi connectivity index (χ1) is 11.8. The first kappa shape index (κ1) is 17.7. The van der Waals surface area contributed by atoms with Crippen LogP contribution in [0.1, 0.15) is 11.1 Å². The third kappa shape index (κ3) is 6.62. The zero-order valence-electron chi connectivity index (χ0n) is 13.4. The van der Waals surface area contributed by atoms with Crippen LogP contribution in [0.4, 0.5) is 0 Å². The predicted octanol–water partition coefficient (Wildman–Crippen LogP) is 3.29. The van der Waals surface area contributed by atoms with Crippen molar-refractivity contribution in [2.45, 2.75) is 6.42 Å². The highest BCUT2D eigenvalue weighted by atomic mass is 32.1. The van der Waals surface area contributed by atoms with Crippen molar-refractivity contribution in [1.29, 1.82) is 0 Å². The molecule has 0 bridgehead atoms. The molecule has 0 heterocycles. The normalized spacial score (nSPS) is 10.3. The molecule has 2 rings (SSSR count). The van der Waals surface area contributed by atoms with Gasteiger partial charge in [0.15, 0.2) is 5.11 Å². The Kier molecular flexibility index (Phi) is 7.50. The summed E-state index contributed by atoms with van der Waals surface area (Å²) >= 11 is 5.04. The van der Waals surface area contributed by atoms with E-state index in [0.717, 1.165) is 17.7 Å². The minimum atomic E-state index is 0.465. The summed E-state index contributed by atoms with van der Waals surface area (Å²) in [5.41, 5.74) is 4.98. The molecule has 0 radical (unpaired) electrons. The maximum absolute atomic E-state index is 5.75. The van der Waals surface area contributed by atoms with Crippen LogP contribution < -0.4 is 15.5 Å². The van der Waals surface area contributed by atoms with Crippen molar-refractivity contribution in [2.24, 2.45) is 5.10 Å². The zero-order valence-corrected chi connectivity index (χ0v) is 14.3. The molecule has 0 atom stereocenters. The van der Waals surface area contributed by atoms with Gasteiger partial charge in [0, 0.05) is 13.0 Å². The van der Waals surface area contributed by atoms with Gasteiger partial charge in [-0.25, -0.2) is 0 Å². The van der Waals surface area contributed by atoms with Crippen LogP contribution in [0.15, 0.2) is 72.4 Å². The number of rotatable bonds is 8. The molecule has 0 aliphatic heterocycles. The van der Waals surface area contributed by atoms with Crippen LogP contribution in [0, 0.1) is 0 Å². The number of nitrogens with zero attached hydrogens (tertiary/aromatic N) is 1. The molecule has 0 amide bonds. The van der Waals surface area contributed by atoms with Gasteiger partial charge in [-0.05, 0) is 47.6 Å². The Morgan fingerprint density at radius 1 is 1.12 bits per heavy atom. The smallest absolute Gasteiger partial charge is 0.187 e. The molecule has 0 saturated heterocycles. The van der Waals surface area contributed by atoms with Crippen LogP contribution in [-0.2, 0) is 6.42 Å². The van der Waals surface area contributed by atoms with E-state index in [2.05, 4.69) is 34.6 Å². The average molecular weight is 339 g/mol. The predicted molar refractivity (Wildman–Crippen MR) is 104 cm³/mol. The maximum atomic E-state index is 5.75. The molecule has 0 aromatic heterocycles. The fraction of sp³-hybridized carbons (Fsp3) is 0.158. The second kappa shape index (κ2) is 10.2. The summed E-state index contributed by atoms with van der Waals surface area (Å²) in [7, 11) is 0. The summed E-state index contributed by atoms with van der Waals surface area (Å²) < 4.78 is 5.75. The van der Waals surface area contributed by atoms with Crippen molar-refractivity contribution in [3.8, 4) is 5.75 Å². The van der Waals surface area contributed by atoms with E-state index in [-0.39, 0.29) is 0 Å². The van der Waals surface area contributed by atoms with Crippen LogP contribution >= 0.6 is 12.2 Å². The van der Waals surface area contributed by atoms with Crippen molar-refractivity contribution in [2.75, 3.05) is 13.2 Å². The van der Waals surface area contributed by atoms with Crippen molar-refractivity contribution in [1.82, 2.24) is 10.7 Å². The quantitative estimate of drug-likeness (QED) is 0.335. The topological polar surface area (TPSA) is 45.7 Å². The van der Waals surface area contributed by atoms with Crippen LogP contribution in [0.25, 0.3) is 0 Å². The standard InChI is InChI=1S/C19H21N3OS/c1-2-13-20-19(24)22-21-15-17-8-10-18(11-9-17)23-14-12-16-6-4-3-5-7-16/h2-11,15H,1,12-14H2,(H2,20,22,24)/b21-15+. The summed E-state index contributed by atoms with van der Waals surface area (Å²) in [5.74, 6) is 0.846. The maximum Gasteiger partial charge on any atom is 0.187 e. The molecule has 2 aromatic carbocycles. The molecule has 0 aliphatic carbocycles. The highest BCUT2D eigenvalue weighted by Gasteiger charge is 1.96. The minimum absolute atomic E-state index is 0.465. The molecular formula is C19H21N3OS. The molecule has 0 unspecified atom stereocenters. The lowest BCUT2D eigenvalue weighted by molar-refractivity contribution is 0.322. The van der Waals surface area contributed by atoms with E-state index >= 15 is 0 Å². The average Bonchev–Trinajstić information content (AvgIpc) is 2.62. The van der Waals surface area contributed by atoms with E-state index in [1.165, 1.54) is 5.56 Å². The Morgan fingerprint density at radius 3 is 2.58 bits per heavy atom. The number of hydrazone groups is 1. The summed E-state index contributed by atoms with van der Waals surface area (Å²) in [6.45, 7) is 4.87. The van der Waals surface area contributed by atoms with Gasteiger partial charge in [0.25, 0.3) is 0 Å². The molecule has 24 heavy (non-hydrogen) atoms. The number of hydrogen-bond acceptors (Lipinski definition) is 3. The second-order valence-corrected chi connectivity index (χ2v) is 5.43. The van der Waals surface area contributed by atoms with E-state index in [1.54, 1.807) is 12.3 Å². The molecule has 0 aliphatic rings. The monoisotopic (exact) mass is 339 g/mol. The van der Waals surface area contributed by atoms with E-state index < -0.39 is 0 Å². The van der Waals surface area contributed by atoms with Gasteiger partial charge in [0.2, 0.25) is 0 Å². The van der Waals surface area contributed by atoms with E-state index in [9.17, 15) is 0 Å². The lowest BCUT2D eigenvalue weighted by Gasteiger charge is -2.06. The van der Waals surface area contributed by atoms with Crippen LogP contribution in [0.5, 0.6) is 5.75 Å². The number of nitrogens with one attached hydrogen (secondary N) is 2. The summed E-state index contributed by atoms with van der Waals surface area (Å²) in [4.78, 5) is 0. The summed E-state index contributed by atoms with van der Waals surface area (Å²) in [5, 5.41) is 7.47. The fourth-order valence-electron chi connectivity index (χ4n) is 1.95. The third-order valence-electron chi connectivity index (χ3n) is 3.17. The largest absolute Gasteiger partial charge is 0.493 e. The molecular weight excluding hydrogens is 318 g/mol. The molecule has 4 nitrogen and oxygen atoms in total. The Morgan fingerprint density at radius 2 is 1.88 bits per heavy atom. The first-order valence-electron chi connectivity index (χ1n) is 7.72. The van der Waals surface area contributed by atoms with Crippen molar-refractivity contribution in [3.63, 3.8) is 0 Å². The number of hydrogen-bond donors (Lipinski definition) is 2. The van der Waals surface area contributed by atoms with Crippen molar-refractivity contribution in [3.05, 3.63) is 78.4 Å². The molecule has 2 aromatic rings. The Balaban J connectivity index is 1.74. The van der Waals surface area contributed by atoms with Gasteiger partial charge < -0.3 is 10.1 Å². The molecule has 124 valence electrons. The zero-order chi connectivity index (χ0) is 17.0. The number of benzene rings is 2. The molecule has 0 saturated carbocycles. The second-order valence-electron chi connectivity index (χ2n) is 5.02. The van der Waals surface area contributed by atoms with Crippen LogP contribution in [0.2, 0.25) is 0 Å². The Labute approximate surface area is 148 Å². The molecule has 0 fully saturated rings. The molecule has 2 N–H and O–H groups in total. The van der Waals surface area contributed by atoms with Gasteiger partial charge in [-0.3, -0.25) is 5.43 Å². The third-order valence-corrected chi connectivity index (χ3v) is 3.40. The summed E-state index contributed by atoms with van der Waals surface area (Å²) in [6.07, 6.45) is 4.33. The van der Waals surface area contributed by atoms with Gasteiger partial charge in [-0.2, -0.15) is 5.10 Å². The van der Waals surface area contributed by atoms with Crippen LogP contribution in [-0.4, -0.2) is 24.5 Å². The van der Waals surface area contributed by atoms with E-state index in [4.69, 9.17) is 17.0 Å². The van der Waals surface area contributed by atoms with Gasteiger partial charge in [-0.15, -0.1) is 6.58 Å². The lowest BCUT2D eigenvalue weighted by Crippen LogP contribution is -2.31. The van der Waals surface area contributed by atoms with Crippen molar-refractivity contribution < 1.29 is 4.74 Å². The van der Waals surface area contributed by atoms with Gasteiger partial charge in [0.05, 0.1) is 12.8 Å². The van der Waals surface area contributed by atoms with Crippen LogP contribution in [0.3, 0.4) is 0 Å². The number of ether oxygens (including phenoxy) is 1. The van der Waals surface area contributed by atoms with E-state index in [1.807, 2.05) is 42.5 Å². The highest BCUT2D eigenvalue weighted by molar-refractivity contribution is 7.80. The number of thiocarbonyl (C=S) groups is 1. The molecule has 0 spiro atoms. The van der Waals surface area contributed by atoms with Gasteiger partial charge in [0.1, 0.15) is 5.75 Å². The van der Waals surface area contributed by atoms with Gasteiger partial charge in [-0.1, -0.05) is 36.4 Å². The SMILES string of the molecule is C=CCNC(=S)N/N=C/c1ccc(OCCc2ccccc2)cc1. The Bertz CT molecular complexity index is 669. The Hall–Kier alpha value is -2.66. The molecule has 5 heteroatoms. The highest BCUT2D eigenvalue weighted by Crippen LogP contribution is 2.11. The van der Waals surface area contributed by atoms with Crippen molar-refractivity contribution >= 4 is 23.5 Å². The lowest BCUT2D eigenvalue weighted by atomic mass is 10.2. The fourth-order valence-corrected chi connectivity index (χ4v) is 2.09. The van der Waals surface area contributed by atoms with Gasteiger partial charge >= 0.3 is 0 Å².